The predicted molar refractivity (Wildman–Crippen MR) is 129 cm³/mol. The van der Waals surface area contributed by atoms with Crippen LogP contribution in [0.1, 0.15) is 51.8 Å². The first-order valence-corrected chi connectivity index (χ1v) is 11.5. The number of pyridine rings is 1. The standard InChI is InChI=1S/C24H30N4O.C2H6/c1-17(20-9-11-26(4)12-10-20)13-24(29)28-16-22(6-5-19(28)3)21-7-8-23-25-18(2)14-27(23)15-21;1-2/h5-8,13-16,19-20H,9-12H2,1-4H3;1-2H3/b17-13+;. The monoisotopic (exact) mass is 420 g/mol. The number of hydrogen-bond donors (Lipinski definition) is 0. The molecule has 1 unspecified atom stereocenters. The summed E-state index contributed by atoms with van der Waals surface area (Å²) in [6.45, 7) is 12.4. The maximum atomic E-state index is 13.1. The van der Waals surface area contributed by atoms with Crippen LogP contribution < -0.4 is 0 Å². The lowest BCUT2D eigenvalue weighted by molar-refractivity contribution is -0.124. The number of piperidine rings is 1. The van der Waals surface area contributed by atoms with Crippen molar-refractivity contribution in [2.45, 2.75) is 53.5 Å². The van der Waals surface area contributed by atoms with E-state index >= 15 is 0 Å². The first-order chi connectivity index (χ1) is 14.9. The van der Waals surface area contributed by atoms with Crippen molar-refractivity contribution in [1.29, 1.82) is 0 Å². The molecule has 0 saturated carbocycles. The summed E-state index contributed by atoms with van der Waals surface area (Å²) in [6.07, 6.45) is 14.4. The largest absolute Gasteiger partial charge is 0.308 e. The molecule has 0 radical (unpaired) electrons. The number of likely N-dealkylation sites (tertiary alicyclic amines) is 1. The zero-order valence-electron chi connectivity index (χ0n) is 19.8. The van der Waals surface area contributed by atoms with Crippen molar-refractivity contribution >= 4 is 17.1 Å². The second-order valence-corrected chi connectivity index (χ2v) is 8.46. The van der Waals surface area contributed by atoms with Gasteiger partial charge >= 0.3 is 0 Å². The fraction of sp³-hybridized carbons (Fsp3) is 0.462. The molecule has 0 aliphatic carbocycles. The van der Waals surface area contributed by atoms with E-state index in [1.807, 2.05) is 54.6 Å². The van der Waals surface area contributed by atoms with Gasteiger partial charge in [-0.15, -0.1) is 0 Å². The third kappa shape index (κ3) is 5.34. The van der Waals surface area contributed by atoms with Crippen molar-refractivity contribution in [3.05, 3.63) is 65.8 Å². The highest BCUT2D eigenvalue weighted by Crippen LogP contribution is 2.26. The van der Waals surface area contributed by atoms with Gasteiger partial charge in [0.05, 0.1) is 11.7 Å². The molecule has 0 bridgehead atoms. The van der Waals surface area contributed by atoms with Crippen LogP contribution in [0, 0.1) is 12.8 Å². The zero-order valence-corrected chi connectivity index (χ0v) is 19.8. The summed E-state index contributed by atoms with van der Waals surface area (Å²) in [5.41, 5.74) is 5.25. The Morgan fingerprint density at radius 3 is 2.58 bits per heavy atom. The van der Waals surface area contributed by atoms with E-state index in [2.05, 4.69) is 55.2 Å². The first-order valence-electron chi connectivity index (χ1n) is 11.5. The first kappa shape index (κ1) is 23.0. The van der Waals surface area contributed by atoms with Gasteiger partial charge in [0.25, 0.3) is 5.91 Å². The average molecular weight is 421 g/mol. The van der Waals surface area contributed by atoms with Crippen LogP contribution in [0.4, 0.5) is 0 Å². The highest BCUT2D eigenvalue weighted by atomic mass is 16.2. The van der Waals surface area contributed by atoms with E-state index in [9.17, 15) is 4.79 Å². The van der Waals surface area contributed by atoms with E-state index in [1.165, 1.54) is 5.57 Å². The van der Waals surface area contributed by atoms with Crippen molar-refractivity contribution in [2.75, 3.05) is 20.1 Å². The van der Waals surface area contributed by atoms with Crippen LogP contribution in [-0.4, -0.2) is 51.3 Å². The smallest absolute Gasteiger partial charge is 0.251 e. The summed E-state index contributed by atoms with van der Waals surface area (Å²) in [7, 11) is 2.16. The van der Waals surface area contributed by atoms with E-state index in [4.69, 9.17) is 0 Å². The highest BCUT2D eigenvalue weighted by Gasteiger charge is 2.22. The Bertz CT molecular complexity index is 1010. The van der Waals surface area contributed by atoms with E-state index in [-0.39, 0.29) is 11.9 Å². The Morgan fingerprint density at radius 1 is 1.16 bits per heavy atom. The van der Waals surface area contributed by atoms with Gasteiger partial charge in [0.1, 0.15) is 5.65 Å². The molecule has 5 nitrogen and oxygen atoms in total. The number of carbonyl (C=O) groups excluding carboxylic acids is 1. The second kappa shape index (κ2) is 10.1. The molecule has 0 aromatic carbocycles. The van der Waals surface area contributed by atoms with Crippen LogP contribution in [0.5, 0.6) is 0 Å². The molecular weight excluding hydrogens is 384 g/mol. The van der Waals surface area contributed by atoms with Crippen LogP contribution in [0.3, 0.4) is 0 Å². The molecule has 1 saturated heterocycles. The van der Waals surface area contributed by atoms with Crippen LogP contribution in [0.2, 0.25) is 0 Å². The molecule has 2 aromatic rings. The minimum Gasteiger partial charge on any atom is -0.308 e. The van der Waals surface area contributed by atoms with Crippen molar-refractivity contribution in [3.8, 4) is 0 Å². The molecule has 4 rings (SSSR count). The Morgan fingerprint density at radius 2 is 1.87 bits per heavy atom. The molecule has 0 spiro atoms. The molecule has 1 atom stereocenters. The van der Waals surface area contributed by atoms with Gasteiger partial charge in [-0.1, -0.05) is 31.6 Å². The molecular formula is C26H36N4O. The normalized spacial score (nSPS) is 20.5. The van der Waals surface area contributed by atoms with Crippen molar-refractivity contribution < 1.29 is 4.79 Å². The van der Waals surface area contributed by atoms with Gasteiger partial charge in [0, 0.05) is 24.7 Å². The molecule has 2 aliphatic heterocycles. The van der Waals surface area contributed by atoms with Crippen molar-refractivity contribution in [3.63, 3.8) is 0 Å². The van der Waals surface area contributed by atoms with E-state index in [1.54, 1.807) is 0 Å². The van der Waals surface area contributed by atoms with Gasteiger partial charge in [-0.05, 0) is 82.9 Å². The number of aryl methyl sites for hydroxylation is 1. The third-order valence-corrected chi connectivity index (χ3v) is 6.14. The zero-order chi connectivity index (χ0) is 22.5. The number of nitrogens with zero attached hydrogens (tertiary/aromatic N) is 4. The lowest BCUT2D eigenvalue weighted by Crippen LogP contribution is -2.34. The fourth-order valence-electron chi connectivity index (χ4n) is 4.22. The van der Waals surface area contributed by atoms with Gasteiger partial charge in [-0.2, -0.15) is 0 Å². The molecule has 31 heavy (non-hydrogen) atoms. The highest BCUT2D eigenvalue weighted by molar-refractivity contribution is 5.92. The van der Waals surface area contributed by atoms with E-state index < -0.39 is 0 Å². The third-order valence-electron chi connectivity index (χ3n) is 6.14. The van der Waals surface area contributed by atoms with Crippen molar-refractivity contribution in [1.82, 2.24) is 19.2 Å². The Hall–Kier alpha value is -2.66. The topological polar surface area (TPSA) is 40.9 Å². The van der Waals surface area contributed by atoms with Crippen LogP contribution in [0.25, 0.3) is 11.2 Å². The quantitative estimate of drug-likeness (QED) is 0.650. The molecule has 4 heterocycles. The number of rotatable bonds is 3. The summed E-state index contributed by atoms with van der Waals surface area (Å²) in [6, 6.07) is 4.13. The van der Waals surface area contributed by atoms with Crippen molar-refractivity contribution in [2.24, 2.45) is 5.92 Å². The maximum absolute atomic E-state index is 13.1. The van der Waals surface area contributed by atoms with E-state index in [0.717, 1.165) is 48.4 Å². The summed E-state index contributed by atoms with van der Waals surface area (Å²) in [5.74, 6) is 0.580. The number of imidazole rings is 1. The van der Waals surface area contributed by atoms with Crippen LogP contribution >= 0.6 is 0 Å². The summed E-state index contributed by atoms with van der Waals surface area (Å²) in [4.78, 5) is 21.8. The molecule has 1 amide bonds. The minimum atomic E-state index is 0.0482. The lowest BCUT2D eigenvalue weighted by Gasteiger charge is -2.30. The number of hydrogen-bond acceptors (Lipinski definition) is 3. The molecule has 5 heteroatoms. The number of allylic oxidation sites excluding steroid dienone is 3. The Balaban J connectivity index is 0.00000132. The van der Waals surface area contributed by atoms with Crippen LogP contribution in [0.15, 0.2) is 54.5 Å². The molecule has 2 aromatic heterocycles. The molecule has 2 aliphatic rings. The number of carbonyl (C=O) groups is 1. The Kier molecular flexibility index (Phi) is 7.50. The van der Waals surface area contributed by atoms with Gasteiger partial charge in [0.2, 0.25) is 0 Å². The molecule has 1 fully saturated rings. The molecule has 0 N–H and O–H groups in total. The summed E-state index contributed by atoms with van der Waals surface area (Å²) in [5, 5.41) is 0. The summed E-state index contributed by atoms with van der Waals surface area (Å²) >= 11 is 0. The summed E-state index contributed by atoms with van der Waals surface area (Å²) < 4.78 is 2.04. The lowest BCUT2D eigenvalue weighted by atomic mass is 9.90. The van der Waals surface area contributed by atoms with E-state index in [0.29, 0.717) is 5.92 Å². The number of fused-ring (bicyclic) bond motifs is 1. The van der Waals surface area contributed by atoms with Gasteiger partial charge in [-0.25, -0.2) is 4.98 Å². The van der Waals surface area contributed by atoms with Gasteiger partial charge in [-0.3, -0.25) is 4.79 Å². The number of amides is 1. The maximum Gasteiger partial charge on any atom is 0.251 e. The van der Waals surface area contributed by atoms with Gasteiger partial charge < -0.3 is 14.2 Å². The van der Waals surface area contributed by atoms with Gasteiger partial charge in [0.15, 0.2) is 0 Å². The number of aromatic nitrogens is 2. The SMILES string of the molecule is C/C(=C\C(=O)N1C=C(c2ccc3nc(C)cn3c2)C=CC1C)C1CCN(C)CC1.CC. The average Bonchev–Trinajstić information content (AvgIpc) is 3.15. The second-order valence-electron chi connectivity index (χ2n) is 8.46. The minimum absolute atomic E-state index is 0.0482. The van der Waals surface area contributed by atoms with Crippen LogP contribution in [-0.2, 0) is 4.79 Å². The predicted octanol–water partition coefficient (Wildman–Crippen LogP) is 5.08. The Labute approximate surface area is 186 Å². The fourth-order valence-corrected chi connectivity index (χ4v) is 4.22. The molecule has 166 valence electrons.